The number of nitrogens with zero attached hydrogens (tertiary/aromatic N) is 4. The number of carbonyl (C=O) groups excluding carboxylic acids is 3. The van der Waals surface area contributed by atoms with E-state index in [2.05, 4.69) is 41.5 Å². The molecule has 3 amide bonds. The molecular weight excluding hydrogens is 510 g/mol. The summed E-state index contributed by atoms with van der Waals surface area (Å²) in [6, 6.07) is 3.78. The van der Waals surface area contributed by atoms with Crippen LogP contribution in [-0.2, 0) is 16.0 Å². The molecule has 2 aromatic heterocycles. The first-order valence-corrected chi connectivity index (χ1v) is 13.7. The van der Waals surface area contributed by atoms with Crippen LogP contribution < -0.4 is 26.6 Å². The van der Waals surface area contributed by atoms with Crippen LogP contribution in [0.5, 0.6) is 0 Å². The number of rotatable bonds is 18. The minimum absolute atomic E-state index is 0.110. The Morgan fingerprint density at radius 1 is 1.02 bits per heavy atom. The first kappa shape index (κ1) is 32.2. The number of amides is 3. The zero-order valence-electron chi connectivity index (χ0n) is 24.0. The third kappa shape index (κ3) is 12.7. The van der Waals surface area contributed by atoms with Gasteiger partial charge in [-0.15, -0.1) is 0 Å². The van der Waals surface area contributed by atoms with Gasteiger partial charge in [-0.1, -0.05) is 19.9 Å². The third-order valence-corrected chi connectivity index (χ3v) is 5.82. The Labute approximate surface area is 236 Å². The molecule has 0 aliphatic carbocycles. The van der Waals surface area contributed by atoms with Crippen LogP contribution in [0, 0.1) is 0 Å². The average Bonchev–Trinajstić information content (AvgIpc) is 2.94. The van der Waals surface area contributed by atoms with E-state index in [-0.39, 0.29) is 30.3 Å². The average molecular weight is 554 g/mol. The lowest BCUT2D eigenvalue weighted by Crippen LogP contribution is -2.42. The Morgan fingerprint density at radius 3 is 2.50 bits per heavy atom. The van der Waals surface area contributed by atoms with Crippen molar-refractivity contribution >= 4 is 29.5 Å². The van der Waals surface area contributed by atoms with Crippen molar-refractivity contribution < 1.29 is 14.4 Å². The van der Waals surface area contributed by atoms with E-state index in [9.17, 15) is 14.4 Å². The molecule has 40 heavy (non-hydrogen) atoms. The molecule has 0 spiro atoms. The molecule has 218 valence electrons. The highest BCUT2D eigenvalue weighted by Crippen LogP contribution is 2.14. The maximum Gasteiger partial charge on any atom is 0.256 e. The van der Waals surface area contributed by atoms with Gasteiger partial charge >= 0.3 is 0 Å². The van der Waals surface area contributed by atoms with Gasteiger partial charge in [0.05, 0.1) is 6.54 Å². The van der Waals surface area contributed by atoms with Crippen LogP contribution in [0.25, 0.3) is 0 Å². The number of aromatic nitrogens is 3. The van der Waals surface area contributed by atoms with E-state index in [1.807, 2.05) is 45.0 Å². The Bertz CT molecular complexity index is 1090. The zero-order valence-corrected chi connectivity index (χ0v) is 24.0. The van der Waals surface area contributed by atoms with Crippen molar-refractivity contribution in [1.82, 2.24) is 35.8 Å². The molecule has 0 aliphatic rings. The Kier molecular flexibility index (Phi) is 14.7. The zero-order chi connectivity index (χ0) is 29.2. The van der Waals surface area contributed by atoms with Crippen LogP contribution >= 0.6 is 0 Å². The minimum Gasteiger partial charge on any atom is -0.369 e. The molecule has 2 heterocycles. The molecule has 2 aromatic rings. The van der Waals surface area contributed by atoms with Crippen molar-refractivity contribution in [1.29, 1.82) is 0 Å². The van der Waals surface area contributed by atoms with Crippen molar-refractivity contribution in [3.63, 3.8) is 0 Å². The highest BCUT2D eigenvalue weighted by Gasteiger charge is 2.16. The second-order valence-electron chi connectivity index (χ2n) is 9.51. The summed E-state index contributed by atoms with van der Waals surface area (Å²) in [4.78, 5) is 51.8. The number of anilines is 2. The highest BCUT2D eigenvalue weighted by molar-refractivity contribution is 5.98. The number of pyridine rings is 1. The summed E-state index contributed by atoms with van der Waals surface area (Å²) in [5.74, 6) is 0.0237. The fourth-order valence-electron chi connectivity index (χ4n) is 3.59. The van der Waals surface area contributed by atoms with Gasteiger partial charge in [0.2, 0.25) is 17.8 Å². The molecule has 12 nitrogen and oxygen atoms in total. The second kappa shape index (κ2) is 18.3. The van der Waals surface area contributed by atoms with E-state index in [0.29, 0.717) is 56.4 Å². The fourth-order valence-corrected chi connectivity index (χ4v) is 3.59. The van der Waals surface area contributed by atoms with Crippen LogP contribution in [0.1, 0.15) is 49.0 Å². The maximum atomic E-state index is 12.9. The number of nitrogens with one attached hydrogen (secondary N) is 5. The van der Waals surface area contributed by atoms with Crippen molar-refractivity contribution in [2.75, 3.05) is 57.5 Å². The second-order valence-corrected chi connectivity index (χ2v) is 9.51. The molecule has 0 aromatic carbocycles. The third-order valence-electron chi connectivity index (χ3n) is 5.82. The quantitative estimate of drug-likeness (QED) is 0.173. The van der Waals surface area contributed by atoms with Crippen LogP contribution in [-0.4, -0.2) is 90.4 Å². The molecule has 2 rings (SSSR count). The summed E-state index contributed by atoms with van der Waals surface area (Å²) in [5, 5.41) is 14.8. The van der Waals surface area contributed by atoms with Crippen LogP contribution in [0.2, 0.25) is 0 Å². The van der Waals surface area contributed by atoms with E-state index in [1.54, 1.807) is 18.5 Å². The van der Waals surface area contributed by atoms with Crippen molar-refractivity contribution in [3.8, 4) is 0 Å². The van der Waals surface area contributed by atoms with Gasteiger partial charge in [0, 0.05) is 56.9 Å². The summed E-state index contributed by atoms with van der Waals surface area (Å²) < 4.78 is 0. The van der Waals surface area contributed by atoms with E-state index in [4.69, 9.17) is 0 Å². The van der Waals surface area contributed by atoms with Gasteiger partial charge in [-0.05, 0) is 57.5 Å². The molecule has 12 heteroatoms. The van der Waals surface area contributed by atoms with Gasteiger partial charge in [0.1, 0.15) is 11.4 Å². The number of carbonyl (C=O) groups is 3. The van der Waals surface area contributed by atoms with Crippen molar-refractivity contribution in [2.24, 2.45) is 0 Å². The van der Waals surface area contributed by atoms with Crippen molar-refractivity contribution in [3.05, 3.63) is 54.0 Å². The Balaban J connectivity index is 1.83. The standard InChI is InChI=1S/C28H43N9O3/c1-5-13-30-26-23(19-34-28(36-26)32-16-11-21-9-14-29-15-10-21)27(40)31-17-12-22(6-2)35-25(39)20-33-24(38)8-7-18-37(3)4/h7-10,14-15,19,22H,5-6,11-13,16-18,20H2,1-4H3,(H,31,40)(H,33,38)(H,35,39)(H2,30,32,34,36)/b8-7+. The lowest BCUT2D eigenvalue weighted by Gasteiger charge is -2.18. The summed E-state index contributed by atoms with van der Waals surface area (Å²) in [7, 11) is 3.81. The molecular formula is C28H43N9O3. The molecule has 0 saturated heterocycles. The first-order chi connectivity index (χ1) is 19.3. The molecule has 0 saturated carbocycles. The van der Waals surface area contributed by atoms with Crippen LogP contribution in [0.4, 0.5) is 11.8 Å². The molecule has 1 atom stereocenters. The first-order valence-electron chi connectivity index (χ1n) is 13.7. The normalized spacial score (nSPS) is 11.7. The summed E-state index contributed by atoms with van der Waals surface area (Å²) >= 11 is 0. The molecule has 0 aliphatic heterocycles. The van der Waals surface area contributed by atoms with E-state index >= 15 is 0 Å². The summed E-state index contributed by atoms with van der Waals surface area (Å²) in [5.41, 5.74) is 1.51. The summed E-state index contributed by atoms with van der Waals surface area (Å²) in [6.45, 7) is 6.19. The molecule has 1 unspecified atom stereocenters. The van der Waals surface area contributed by atoms with Gasteiger partial charge in [-0.25, -0.2) is 4.98 Å². The van der Waals surface area contributed by atoms with Gasteiger partial charge in [0.15, 0.2) is 0 Å². The molecule has 0 bridgehead atoms. The lowest BCUT2D eigenvalue weighted by atomic mass is 10.1. The van der Waals surface area contributed by atoms with E-state index < -0.39 is 0 Å². The Morgan fingerprint density at radius 2 is 1.80 bits per heavy atom. The lowest BCUT2D eigenvalue weighted by molar-refractivity contribution is -0.124. The van der Waals surface area contributed by atoms with Crippen molar-refractivity contribution in [2.45, 2.75) is 45.6 Å². The topological polar surface area (TPSA) is 153 Å². The number of hydrogen-bond acceptors (Lipinski definition) is 9. The molecule has 0 radical (unpaired) electrons. The van der Waals surface area contributed by atoms with Gasteiger partial charge in [-0.2, -0.15) is 4.98 Å². The maximum absolute atomic E-state index is 12.9. The predicted molar refractivity (Wildman–Crippen MR) is 157 cm³/mol. The largest absolute Gasteiger partial charge is 0.369 e. The minimum atomic E-state index is -0.318. The van der Waals surface area contributed by atoms with Gasteiger partial charge in [-0.3, -0.25) is 19.4 Å². The van der Waals surface area contributed by atoms with Crippen LogP contribution in [0.15, 0.2) is 42.9 Å². The van der Waals surface area contributed by atoms with E-state index in [1.165, 1.54) is 12.3 Å². The van der Waals surface area contributed by atoms with E-state index in [0.717, 1.165) is 18.4 Å². The van der Waals surface area contributed by atoms with Gasteiger partial charge < -0.3 is 31.5 Å². The predicted octanol–water partition coefficient (Wildman–Crippen LogP) is 1.60. The molecule has 5 N–H and O–H groups in total. The Hall–Kier alpha value is -4.06. The smallest absolute Gasteiger partial charge is 0.256 e. The SMILES string of the molecule is CCCNc1nc(NCCc2ccncc2)ncc1C(=O)NCCC(CC)NC(=O)CNC(=O)/C=C/CN(C)C. The number of hydrogen-bond donors (Lipinski definition) is 5. The van der Waals surface area contributed by atoms with Gasteiger partial charge in [0.25, 0.3) is 5.91 Å². The number of likely N-dealkylation sites (N-methyl/N-ethyl adjacent to an activating group) is 1. The fraction of sp³-hybridized carbons (Fsp3) is 0.500. The van der Waals surface area contributed by atoms with Crippen LogP contribution in [0.3, 0.4) is 0 Å². The monoisotopic (exact) mass is 553 g/mol. The highest BCUT2D eigenvalue weighted by atomic mass is 16.2. The summed E-state index contributed by atoms with van der Waals surface area (Å²) in [6.07, 6.45) is 11.1. The molecule has 0 fully saturated rings.